The van der Waals surface area contributed by atoms with Crippen LogP contribution < -0.4 is 11.3 Å². The average molecular weight is 757 g/mol. The van der Waals surface area contributed by atoms with E-state index in [0.717, 1.165) is 34.8 Å². The Labute approximate surface area is 281 Å². The van der Waals surface area contributed by atoms with Gasteiger partial charge in [-0.1, -0.05) is 31.4 Å². The molecule has 0 spiro atoms. The SMILES string of the molecule is CCCCCC(O)c1cn(C[C@@H]2O[C@H](OP(=O)(O)OP(=O)(O)OC[C@H]3O[C@@H](n4cnc5c(=O)[nH]c(N)nc54)[C@H](O)[C@@H]3O)[C@@H](O)[C@H](O)[C@@H]2O)nn1. The highest BCUT2D eigenvalue weighted by Crippen LogP contribution is 2.61. The molecule has 0 amide bonds. The monoisotopic (exact) mass is 756 g/mol. The van der Waals surface area contributed by atoms with E-state index in [2.05, 4.69) is 29.6 Å². The van der Waals surface area contributed by atoms with E-state index in [-0.39, 0.29) is 29.4 Å². The second-order valence-electron chi connectivity index (χ2n) is 11.6. The molecule has 5 heterocycles. The van der Waals surface area contributed by atoms with E-state index >= 15 is 0 Å². The number of phosphoric ester groups is 2. The van der Waals surface area contributed by atoms with Crippen LogP contribution in [0.1, 0.15) is 50.6 Å². The van der Waals surface area contributed by atoms with Crippen LogP contribution in [0.4, 0.5) is 5.95 Å². The summed E-state index contributed by atoms with van der Waals surface area (Å²) >= 11 is 0. The highest BCUT2D eigenvalue weighted by molar-refractivity contribution is 7.61. The van der Waals surface area contributed by atoms with Crippen molar-refractivity contribution in [2.75, 3.05) is 12.3 Å². The van der Waals surface area contributed by atoms with Gasteiger partial charge in [0.1, 0.15) is 48.4 Å². The zero-order chi connectivity index (χ0) is 36.5. The number of nitrogens with two attached hydrogens (primary N) is 1. The first-order chi connectivity index (χ1) is 23.5. The zero-order valence-electron chi connectivity index (χ0n) is 26.2. The van der Waals surface area contributed by atoms with E-state index in [1.54, 1.807) is 0 Å². The molecule has 0 bridgehead atoms. The Kier molecular flexibility index (Phi) is 11.9. The van der Waals surface area contributed by atoms with E-state index in [1.165, 1.54) is 6.20 Å². The molecule has 2 fully saturated rings. The number of aromatic amines is 1. The Morgan fingerprint density at radius 2 is 1.74 bits per heavy atom. The molecule has 3 aromatic rings. The van der Waals surface area contributed by atoms with Crippen LogP contribution in [0.2, 0.25) is 0 Å². The summed E-state index contributed by atoms with van der Waals surface area (Å²) in [6.07, 6.45) is -11.5. The molecule has 280 valence electrons. The summed E-state index contributed by atoms with van der Waals surface area (Å²) in [4.78, 5) is 42.5. The van der Waals surface area contributed by atoms with E-state index in [9.17, 15) is 54.4 Å². The number of aromatic nitrogens is 7. The van der Waals surface area contributed by atoms with Crippen LogP contribution in [0.25, 0.3) is 11.2 Å². The maximum absolute atomic E-state index is 12.7. The minimum absolute atomic E-state index is 0.117. The third kappa shape index (κ3) is 8.63. The summed E-state index contributed by atoms with van der Waals surface area (Å²) in [7, 11) is -11.2. The van der Waals surface area contributed by atoms with Gasteiger partial charge in [0.25, 0.3) is 5.56 Å². The number of ether oxygens (including phenoxy) is 2. The van der Waals surface area contributed by atoms with Gasteiger partial charge in [0.15, 0.2) is 23.7 Å². The number of nitrogens with one attached hydrogen (secondary N) is 1. The van der Waals surface area contributed by atoms with Crippen molar-refractivity contribution in [2.45, 2.75) is 101 Å². The van der Waals surface area contributed by atoms with E-state index in [0.29, 0.717) is 6.42 Å². The number of H-pyrrole nitrogens is 1. The number of unbranched alkanes of at least 4 members (excludes halogenated alkanes) is 2. The lowest BCUT2D eigenvalue weighted by atomic mass is 9.99. The highest BCUT2D eigenvalue weighted by Gasteiger charge is 2.50. The first-order valence-electron chi connectivity index (χ1n) is 15.2. The summed E-state index contributed by atoms with van der Waals surface area (Å²) in [6.45, 7) is 0.657. The summed E-state index contributed by atoms with van der Waals surface area (Å²) in [5.74, 6) is -0.281. The van der Waals surface area contributed by atoms with Crippen molar-refractivity contribution >= 4 is 32.8 Å². The topological polar surface area (TPSA) is 362 Å². The first-order valence-corrected chi connectivity index (χ1v) is 18.2. The highest BCUT2D eigenvalue weighted by atomic mass is 31.3. The standard InChI is InChI=1S/C24H38N8O16P2/c1-2-3-4-5-11(33)10-6-31(30-29-10)7-12-15(34)17(36)19(38)23(46-12)47-50(42,43)48-49(40,41)44-8-13-16(35)18(37)22(45-13)32-9-26-14-20(32)27-24(25)28-21(14)39/h6,9,11-13,15-19,22-23,33-38H,2-5,7-8H2,1H3,(H,40,41)(H,42,43)(H3,25,27,28,39)/t11?,12-,13+,15+,16+,17+,18+,19-,22+,23+/m0/s1. The second-order valence-corrected chi connectivity index (χ2v) is 14.6. The third-order valence-corrected chi connectivity index (χ3v) is 10.5. The largest absolute Gasteiger partial charge is 0.483 e. The molecule has 12 atom stereocenters. The van der Waals surface area contributed by atoms with Crippen LogP contribution in [0, 0.1) is 0 Å². The molecule has 3 aromatic heterocycles. The van der Waals surface area contributed by atoms with Gasteiger partial charge in [-0.15, -0.1) is 5.10 Å². The van der Waals surface area contributed by atoms with Crippen LogP contribution in [-0.2, 0) is 38.5 Å². The third-order valence-electron chi connectivity index (χ3n) is 7.92. The maximum atomic E-state index is 12.7. The molecular weight excluding hydrogens is 718 g/mol. The Morgan fingerprint density at radius 1 is 1.02 bits per heavy atom. The summed E-state index contributed by atoms with van der Waals surface area (Å²) in [6, 6.07) is 0. The molecule has 2 saturated heterocycles. The van der Waals surface area contributed by atoms with Gasteiger partial charge in [-0.05, 0) is 6.42 Å². The first kappa shape index (κ1) is 38.5. The molecule has 50 heavy (non-hydrogen) atoms. The smallest absolute Gasteiger partial charge is 0.388 e. The summed E-state index contributed by atoms with van der Waals surface area (Å²) in [5, 5.41) is 70.2. The molecule has 2 aliphatic rings. The van der Waals surface area contributed by atoms with Gasteiger partial charge in [0.2, 0.25) is 5.95 Å². The number of hydrogen-bond acceptors (Lipinski definition) is 19. The van der Waals surface area contributed by atoms with Crippen LogP contribution in [0.15, 0.2) is 17.3 Å². The van der Waals surface area contributed by atoms with Crippen molar-refractivity contribution in [1.29, 1.82) is 0 Å². The molecule has 0 aromatic carbocycles. The lowest BCUT2D eigenvalue weighted by Crippen LogP contribution is -2.58. The Balaban J connectivity index is 1.18. The van der Waals surface area contributed by atoms with Crippen molar-refractivity contribution < 1.29 is 72.4 Å². The fraction of sp³-hybridized carbons (Fsp3) is 0.708. The van der Waals surface area contributed by atoms with Gasteiger partial charge in [-0.2, -0.15) is 9.29 Å². The number of nitrogen functional groups attached to an aromatic ring is 1. The van der Waals surface area contributed by atoms with E-state index < -0.39 is 89.2 Å². The minimum Gasteiger partial charge on any atom is -0.388 e. The molecule has 26 heteroatoms. The molecule has 24 nitrogen and oxygen atoms in total. The van der Waals surface area contributed by atoms with Crippen LogP contribution in [0.5, 0.6) is 0 Å². The fourth-order valence-corrected chi connectivity index (χ4v) is 7.49. The molecule has 0 saturated carbocycles. The molecule has 2 aliphatic heterocycles. The van der Waals surface area contributed by atoms with Crippen molar-refractivity contribution in [2.24, 2.45) is 0 Å². The molecular formula is C24H38N8O16P2. The van der Waals surface area contributed by atoms with E-state index in [1.807, 2.05) is 6.92 Å². The van der Waals surface area contributed by atoms with Crippen LogP contribution in [-0.4, -0.2) is 131 Å². The van der Waals surface area contributed by atoms with E-state index in [4.69, 9.17) is 24.3 Å². The summed E-state index contributed by atoms with van der Waals surface area (Å²) in [5.41, 5.74) is 4.81. The quantitative estimate of drug-likeness (QED) is 0.0556. The van der Waals surface area contributed by atoms with Crippen molar-refractivity contribution in [3.05, 3.63) is 28.6 Å². The Hall–Kier alpha value is -2.77. The summed E-state index contributed by atoms with van der Waals surface area (Å²) < 4.78 is 52.1. The number of rotatable bonds is 15. The van der Waals surface area contributed by atoms with Gasteiger partial charge in [0, 0.05) is 0 Å². The predicted molar refractivity (Wildman–Crippen MR) is 162 cm³/mol. The van der Waals surface area contributed by atoms with Gasteiger partial charge in [-0.25, -0.2) is 18.8 Å². The van der Waals surface area contributed by atoms with Crippen LogP contribution >= 0.6 is 15.6 Å². The number of aliphatic hydroxyl groups is 6. The zero-order valence-corrected chi connectivity index (χ0v) is 28.0. The van der Waals surface area contributed by atoms with Crippen molar-refractivity contribution in [3.63, 3.8) is 0 Å². The second kappa shape index (κ2) is 15.5. The fourth-order valence-electron chi connectivity index (χ4n) is 5.33. The normalized spacial score (nSPS) is 31.8. The maximum Gasteiger partial charge on any atom is 0.483 e. The van der Waals surface area contributed by atoms with Gasteiger partial charge in [0.05, 0.1) is 31.8 Å². The number of hydrogen-bond donors (Lipinski definition) is 10. The number of fused-ring (bicyclic) bond motifs is 1. The number of imidazole rings is 1. The number of aliphatic hydroxyl groups excluding tert-OH is 6. The molecule has 5 rings (SSSR count). The molecule has 3 unspecified atom stereocenters. The minimum atomic E-state index is -5.68. The average Bonchev–Trinajstić information content (AvgIpc) is 3.75. The van der Waals surface area contributed by atoms with Gasteiger partial charge >= 0.3 is 15.6 Å². The predicted octanol–water partition coefficient (Wildman–Crippen LogP) is -2.72. The Morgan fingerprint density at radius 3 is 2.46 bits per heavy atom. The van der Waals surface area contributed by atoms with Gasteiger partial charge < -0.3 is 55.6 Å². The molecule has 0 radical (unpaired) electrons. The lowest BCUT2D eigenvalue weighted by molar-refractivity contribution is -0.278. The van der Waals surface area contributed by atoms with Crippen LogP contribution in [0.3, 0.4) is 0 Å². The lowest BCUT2D eigenvalue weighted by Gasteiger charge is -2.40. The van der Waals surface area contributed by atoms with Gasteiger partial charge in [-0.3, -0.25) is 23.4 Å². The number of nitrogens with zero attached hydrogens (tertiary/aromatic N) is 6. The Bertz CT molecular complexity index is 1770. The molecule has 0 aliphatic carbocycles. The number of anilines is 1. The van der Waals surface area contributed by atoms with Crippen molar-refractivity contribution in [3.8, 4) is 0 Å². The number of phosphoric acid groups is 2. The van der Waals surface area contributed by atoms with Crippen molar-refractivity contribution in [1.82, 2.24) is 34.5 Å². The molecule has 11 N–H and O–H groups in total.